The first-order chi connectivity index (χ1) is 14.3. The summed E-state index contributed by atoms with van der Waals surface area (Å²) >= 11 is 0. The maximum absolute atomic E-state index is 13.5. The van der Waals surface area contributed by atoms with Crippen LogP contribution in [-0.2, 0) is 6.54 Å². The van der Waals surface area contributed by atoms with Crippen LogP contribution in [0.15, 0.2) is 48.8 Å². The first-order valence-electron chi connectivity index (χ1n) is 11.0. The Bertz CT molecular complexity index is 804. The molecule has 0 saturated carbocycles. The molecule has 0 N–H and O–H groups in total. The maximum Gasteiger partial charge on any atom is 0.256 e. The highest BCUT2D eigenvalue weighted by Gasteiger charge is 2.29. The average Bonchev–Trinajstić information content (AvgIpc) is 3.32. The summed E-state index contributed by atoms with van der Waals surface area (Å²) in [7, 11) is 0. The molecule has 2 aromatic rings. The maximum atomic E-state index is 13.5. The molecule has 154 valence electrons. The van der Waals surface area contributed by atoms with E-state index < -0.39 is 0 Å². The number of hydrogen-bond acceptors (Lipinski definition) is 4. The van der Waals surface area contributed by atoms with Crippen LogP contribution >= 0.6 is 0 Å². The Labute approximate surface area is 174 Å². The number of likely N-dealkylation sites (tertiary alicyclic amines) is 1. The molecule has 2 aliphatic heterocycles. The number of likely N-dealkylation sites (N-methyl/N-ethyl adjacent to an activating group) is 1. The quantitative estimate of drug-likeness (QED) is 0.749. The van der Waals surface area contributed by atoms with Gasteiger partial charge in [-0.1, -0.05) is 19.1 Å². The van der Waals surface area contributed by atoms with Crippen molar-refractivity contribution in [2.24, 2.45) is 0 Å². The molecular weight excluding hydrogens is 360 g/mol. The van der Waals surface area contributed by atoms with Gasteiger partial charge < -0.3 is 9.80 Å². The predicted octanol–water partition coefficient (Wildman–Crippen LogP) is 3.81. The molecule has 3 heterocycles. The van der Waals surface area contributed by atoms with Gasteiger partial charge in [0.05, 0.1) is 5.56 Å². The van der Waals surface area contributed by atoms with Gasteiger partial charge in [-0.05, 0) is 62.1 Å². The molecule has 2 aliphatic rings. The van der Waals surface area contributed by atoms with Gasteiger partial charge in [-0.25, -0.2) is 0 Å². The largest absolute Gasteiger partial charge is 0.371 e. The van der Waals surface area contributed by atoms with E-state index in [1.54, 1.807) is 0 Å². The summed E-state index contributed by atoms with van der Waals surface area (Å²) in [5.41, 5.74) is 3.26. The predicted molar refractivity (Wildman–Crippen MR) is 117 cm³/mol. The molecule has 1 aromatic carbocycles. The summed E-state index contributed by atoms with van der Waals surface area (Å²) in [6.45, 7) is 7.90. The van der Waals surface area contributed by atoms with E-state index in [0.29, 0.717) is 6.04 Å². The molecule has 0 radical (unpaired) electrons. The summed E-state index contributed by atoms with van der Waals surface area (Å²) in [5, 5.41) is 0. The van der Waals surface area contributed by atoms with E-state index >= 15 is 0 Å². The minimum atomic E-state index is 0.192. The minimum Gasteiger partial charge on any atom is -0.371 e. The summed E-state index contributed by atoms with van der Waals surface area (Å²) in [6, 6.07) is 12.7. The van der Waals surface area contributed by atoms with Crippen LogP contribution in [0.2, 0.25) is 0 Å². The summed E-state index contributed by atoms with van der Waals surface area (Å²) < 4.78 is 0. The van der Waals surface area contributed by atoms with Crippen LogP contribution in [0.25, 0.3) is 0 Å². The van der Waals surface area contributed by atoms with Crippen LogP contribution in [-0.4, -0.2) is 59.5 Å². The van der Waals surface area contributed by atoms with Gasteiger partial charge in [0.25, 0.3) is 5.91 Å². The Balaban J connectivity index is 1.47. The second kappa shape index (κ2) is 9.40. The van der Waals surface area contributed by atoms with E-state index in [1.165, 1.54) is 18.4 Å². The average molecular weight is 393 g/mol. The van der Waals surface area contributed by atoms with Crippen LogP contribution in [0.5, 0.6) is 0 Å². The van der Waals surface area contributed by atoms with E-state index in [9.17, 15) is 4.79 Å². The number of rotatable bonds is 6. The highest BCUT2D eigenvalue weighted by atomic mass is 16.2. The molecule has 29 heavy (non-hydrogen) atoms. The summed E-state index contributed by atoms with van der Waals surface area (Å²) in [5.74, 6) is 0.192. The fourth-order valence-corrected chi connectivity index (χ4v) is 4.72. The molecule has 0 spiro atoms. The van der Waals surface area contributed by atoms with Gasteiger partial charge in [0.2, 0.25) is 0 Å². The number of anilines is 1. The number of benzene rings is 1. The fraction of sp³-hybridized carbons (Fsp3) is 0.500. The third-order valence-corrected chi connectivity index (χ3v) is 6.32. The number of carbonyl (C=O) groups excluding carboxylic acids is 1. The van der Waals surface area contributed by atoms with E-state index in [-0.39, 0.29) is 5.91 Å². The SMILES string of the molecule is CCN(Cc1ccncc1)[C@@H]1CCCN(C(=O)c2ccccc2N2CCCC2)C1. The van der Waals surface area contributed by atoms with Gasteiger partial charge in [-0.3, -0.25) is 14.7 Å². The van der Waals surface area contributed by atoms with Gasteiger partial charge in [0, 0.05) is 56.8 Å². The molecule has 2 fully saturated rings. The zero-order chi connectivity index (χ0) is 20.1. The molecule has 1 amide bonds. The van der Waals surface area contributed by atoms with Crippen molar-refractivity contribution in [1.29, 1.82) is 0 Å². The Morgan fingerprint density at radius 2 is 1.83 bits per heavy atom. The molecule has 1 aromatic heterocycles. The van der Waals surface area contributed by atoms with Crippen molar-refractivity contribution in [3.63, 3.8) is 0 Å². The van der Waals surface area contributed by atoms with E-state index in [4.69, 9.17) is 0 Å². The molecule has 4 rings (SSSR count). The first-order valence-corrected chi connectivity index (χ1v) is 11.0. The van der Waals surface area contributed by atoms with Crippen LogP contribution in [0, 0.1) is 0 Å². The standard InChI is InChI=1S/C24H32N4O/c1-2-26(18-20-11-13-25-14-12-20)21-8-7-17-28(19-21)24(29)22-9-3-4-10-23(22)27-15-5-6-16-27/h3-4,9-14,21H,2,5-8,15-19H2,1H3/t21-/m1/s1. The second-order valence-corrected chi connectivity index (χ2v) is 8.18. The number of nitrogens with zero attached hydrogens (tertiary/aromatic N) is 4. The summed E-state index contributed by atoms with van der Waals surface area (Å²) in [6.07, 6.45) is 8.36. The van der Waals surface area contributed by atoms with Crippen molar-refractivity contribution in [3.05, 3.63) is 59.9 Å². The molecular formula is C24H32N4O. The third-order valence-electron chi connectivity index (χ3n) is 6.32. The molecule has 0 bridgehead atoms. The van der Waals surface area contributed by atoms with Crippen molar-refractivity contribution in [1.82, 2.24) is 14.8 Å². The molecule has 0 aliphatic carbocycles. The summed E-state index contributed by atoms with van der Waals surface area (Å²) in [4.78, 5) is 24.5. The number of carbonyl (C=O) groups is 1. The highest BCUT2D eigenvalue weighted by molar-refractivity contribution is 6.00. The lowest BCUT2D eigenvalue weighted by Crippen LogP contribution is -2.49. The number of hydrogen-bond donors (Lipinski definition) is 0. The van der Waals surface area contributed by atoms with Gasteiger partial charge in [-0.2, -0.15) is 0 Å². The smallest absolute Gasteiger partial charge is 0.256 e. The lowest BCUT2D eigenvalue weighted by atomic mass is 10.0. The van der Waals surface area contributed by atoms with Gasteiger partial charge >= 0.3 is 0 Å². The Morgan fingerprint density at radius 3 is 2.59 bits per heavy atom. The molecule has 5 nitrogen and oxygen atoms in total. The van der Waals surface area contributed by atoms with Crippen LogP contribution in [0.4, 0.5) is 5.69 Å². The zero-order valence-electron chi connectivity index (χ0n) is 17.5. The Kier molecular flexibility index (Phi) is 6.45. The van der Waals surface area contributed by atoms with Crippen LogP contribution in [0.1, 0.15) is 48.5 Å². The number of piperidine rings is 1. The number of para-hydroxylation sites is 1. The van der Waals surface area contributed by atoms with Gasteiger partial charge in [0.15, 0.2) is 0 Å². The van der Waals surface area contributed by atoms with Crippen molar-refractivity contribution in [3.8, 4) is 0 Å². The van der Waals surface area contributed by atoms with E-state index in [1.807, 2.05) is 24.5 Å². The molecule has 5 heteroatoms. The Hall–Kier alpha value is -2.40. The number of amides is 1. The van der Waals surface area contributed by atoms with Gasteiger partial charge in [-0.15, -0.1) is 0 Å². The van der Waals surface area contributed by atoms with E-state index in [2.05, 4.69) is 50.9 Å². The van der Waals surface area contributed by atoms with Crippen LogP contribution in [0.3, 0.4) is 0 Å². The first kappa shape index (κ1) is 19.9. The fourth-order valence-electron chi connectivity index (χ4n) is 4.72. The molecule has 0 unspecified atom stereocenters. The Morgan fingerprint density at radius 1 is 1.07 bits per heavy atom. The van der Waals surface area contributed by atoms with Crippen LogP contribution < -0.4 is 4.90 Å². The van der Waals surface area contributed by atoms with Crippen molar-refractivity contribution in [2.75, 3.05) is 37.6 Å². The van der Waals surface area contributed by atoms with Crippen molar-refractivity contribution >= 4 is 11.6 Å². The number of aromatic nitrogens is 1. The highest BCUT2D eigenvalue weighted by Crippen LogP contribution is 2.27. The topological polar surface area (TPSA) is 39.7 Å². The van der Waals surface area contributed by atoms with Gasteiger partial charge in [0.1, 0.15) is 0 Å². The molecule has 2 saturated heterocycles. The minimum absolute atomic E-state index is 0.192. The zero-order valence-corrected chi connectivity index (χ0v) is 17.5. The normalized spacial score (nSPS) is 19.7. The second-order valence-electron chi connectivity index (χ2n) is 8.18. The molecule has 1 atom stereocenters. The van der Waals surface area contributed by atoms with Crippen molar-refractivity contribution in [2.45, 2.75) is 45.2 Å². The van der Waals surface area contributed by atoms with Crippen molar-refractivity contribution < 1.29 is 4.79 Å². The number of pyridine rings is 1. The lowest BCUT2D eigenvalue weighted by molar-refractivity contribution is 0.0570. The third kappa shape index (κ3) is 4.61. The monoisotopic (exact) mass is 392 g/mol. The lowest BCUT2D eigenvalue weighted by Gasteiger charge is -2.39. The van der Waals surface area contributed by atoms with E-state index in [0.717, 1.165) is 63.4 Å².